The number of rotatable bonds is 2. The smallest absolute Gasteiger partial charge is 0.266 e. The van der Waals surface area contributed by atoms with Gasteiger partial charge < -0.3 is 4.90 Å². The Kier molecular flexibility index (Phi) is 3.58. The van der Waals surface area contributed by atoms with Crippen LogP contribution in [0, 0.1) is 0 Å². The SMILES string of the molecule is CN1C(=O)CN(S(=O)(=O)c2ccccc2Cl)c2ccccc21. The van der Waals surface area contributed by atoms with Crippen molar-refractivity contribution in [2.45, 2.75) is 4.90 Å². The van der Waals surface area contributed by atoms with Crippen LogP contribution in [-0.2, 0) is 14.8 Å². The summed E-state index contributed by atoms with van der Waals surface area (Å²) in [6, 6.07) is 13.1. The number of fused-ring (bicyclic) bond motifs is 1. The number of nitrogens with zero attached hydrogens (tertiary/aromatic N) is 2. The molecule has 0 N–H and O–H groups in total. The molecule has 1 aliphatic rings. The lowest BCUT2D eigenvalue weighted by Gasteiger charge is -2.34. The Bertz CT molecular complexity index is 851. The Labute approximate surface area is 133 Å². The highest BCUT2D eigenvalue weighted by Gasteiger charge is 2.35. The molecule has 0 saturated heterocycles. The van der Waals surface area contributed by atoms with E-state index >= 15 is 0 Å². The van der Waals surface area contributed by atoms with Crippen molar-refractivity contribution in [3.8, 4) is 0 Å². The second-order valence-electron chi connectivity index (χ2n) is 4.88. The summed E-state index contributed by atoms with van der Waals surface area (Å²) in [5.41, 5.74) is 1.01. The van der Waals surface area contributed by atoms with Gasteiger partial charge in [-0.15, -0.1) is 0 Å². The fourth-order valence-corrected chi connectivity index (χ4v) is 4.32. The molecule has 0 aromatic heterocycles. The molecular weight excluding hydrogens is 324 g/mol. The summed E-state index contributed by atoms with van der Waals surface area (Å²) < 4.78 is 26.9. The fourth-order valence-electron chi connectivity index (χ4n) is 2.39. The van der Waals surface area contributed by atoms with Gasteiger partial charge in [0.05, 0.1) is 16.4 Å². The maximum absolute atomic E-state index is 12.9. The third-order valence-corrected chi connectivity index (χ3v) is 5.83. The van der Waals surface area contributed by atoms with E-state index in [0.29, 0.717) is 11.4 Å². The zero-order chi connectivity index (χ0) is 15.9. The first-order valence-corrected chi connectivity index (χ1v) is 8.37. The van der Waals surface area contributed by atoms with Crippen molar-refractivity contribution in [3.05, 3.63) is 53.6 Å². The van der Waals surface area contributed by atoms with Gasteiger partial charge in [0.15, 0.2) is 0 Å². The predicted molar refractivity (Wildman–Crippen MR) is 85.8 cm³/mol. The summed E-state index contributed by atoms with van der Waals surface area (Å²) >= 11 is 6.02. The Hall–Kier alpha value is -2.05. The third kappa shape index (κ3) is 2.24. The van der Waals surface area contributed by atoms with Crippen LogP contribution in [0.15, 0.2) is 53.4 Å². The van der Waals surface area contributed by atoms with Crippen LogP contribution in [0.3, 0.4) is 0 Å². The number of sulfonamides is 1. The molecule has 0 atom stereocenters. The fraction of sp³-hybridized carbons (Fsp3) is 0.133. The van der Waals surface area contributed by atoms with Gasteiger partial charge >= 0.3 is 0 Å². The molecule has 0 radical (unpaired) electrons. The van der Waals surface area contributed by atoms with Crippen LogP contribution in [0.1, 0.15) is 0 Å². The average Bonchev–Trinajstić information content (AvgIpc) is 2.51. The minimum absolute atomic E-state index is 0.0103. The average molecular weight is 337 g/mol. The number of para-hydroxylation sites is 2. The quantitative estimate of drug-likeness (QED) is 0.846. The second-order valence-corrected chi connectivity index (χ2v) is 7.12. The highest BCUT2D eigenvalue weighted by Crippen LogP contribution is 2.37. The minimum Gasteiger partial charge on any atom is -0.312 e. The van der Waals surface area contributed by atoms with E-state index in [1.807, 2.05) is 0 Å². The molecule has 0 fully saturated rings. The van der Waals surface area contributed by atoms with Crippen molar-refractivity contribution in [1.82, 2.24) is 0 Å². The van der Waals surface area contributed by atoms with Gasteiger partial charge in [-0.2, -0.15) is 0 Å². The summed E-state index contributed by atoms with van der Waals surface area (Å²) in [6.07, 6.45) is 0. The normalized spacial score (nSPS) is 14.9. The third-order valence-electron chi connectivity index (χ3n) is 3.57. The van der Waals surface area contributed by atoms with Crippen molar-refractivity contribution in [1.29, 1.82) is 0 Å². The van der Waals surface area contributed by atoms with E-state index in [2.05, 4.69) is 0 Å². The number of likely N-dealkylation sites (N-methyl/N-ethyl adjacent to an activating group) is 1. The van der Waals surface area contributed by atoms with Gasteiger partial charge in [-0.05, 0) is 24.3 Å². The molecule has 0 unspecified atom stereocenters. The lowest BCUT2D eigenvalue weighted by atomic mass is 10.2. The first-order chi connectivity index (χ1) is 10.4. The maximum atomic E-state index is 12.9. The zero-order valence-corrected chi connectivity index (χ0v) is 13.3. The summed E-state index contributed by atoms with van der Waals surface area (Å²) in [4.78, 5) is 13.6. The van der Waals surface area contributed by atoms with Crippen molar-refractivity contribution in [2.75, 3.05) is 22.8 Å². The Morgan fingerprint density at radius 3 is 2.27 bits per heavy atom. The minimum atomic E-state index is -3.91. The van der Waals surface area contributed by atoms with E-state index < -0.39 is 10.0 Å². The molecule has 114 valence electrons. The van der Waals surface area contributed by atoms with E-state index in [-0.39, 0.29) is 22.4 Å². The van der Waals surface area contributed by atoms with Crippen LogP contribution < -0.4 is 9.21 Å². The molecule has 3 rings (SSSR count). The van der Waals surface area contributed by atoms with Gasteiger partial charge in [-0.3, -0.25) is 9.10 Å². The number of carbonyl (C=O) groups is 1. The number of benzene rings is 2. The Balaban J connectivity index is 2.18. The molecular formula is C15H13ClN2O3S. The largest absolute Gasteiger partial charge is 0.312 e. The predicted octanol–water partition coefficient (Wildman–Crippen LogP) is 2.51. The van der Waals surface area contributed by atoms with Crippen molar-refractivity contribution >= 4 is 38.9 Å². The topological polar surface area (TPSA) is 57.7 Å². The van der Waals surface area contributed by atoms with Gasteiger partial charge in [0.2, 0.25) is 5.91 Å². The van der Waals surface area contributed by atoms with Crippen LogP contribution in [0.25, 0.3) is 0 Å². The van der Waals surface area contributed by atoms with Crippen LogP contribution in [0.2, 0.25) is 5.02 Å². The molecule has 0 bridgehead atoms. The van der Waals surface area contributed by atoms with E-state index in [4.69, 9.17) is 11.6 Å². The van der Waals surface area contributed by atoms with Crippen LogP contribution in [0.5, 0.6) is 0 Å². The van der Waals surface area contributed by atoms with Crippen molar-refractivity contribution in [3.63, 3.8) is 0 Å². The summed E-state index contributed by atoms with van der Waals surface area (Å²) in [6.45, 7) is -0.249. The number of amides is 1. The summed E-state index contributed by atoms with van der Waals surface area (Å²) in [7, 11) is -2.28. The summed E-state index contributed by atoms with van der Waals surface area (Å²) in [5, 5.41) is 0.131. The lowest BCUT2D eigenvalue weighted by molar-refractivity contribution is -0.117. The zero-order valence-electron chi connectivity index (χ0n) is 11.7. The van der Waals surface area contributed by atoms with Crippen LogP contribution in [0.4, 0.5) is 11.4 Å². The molecule has 1 amide bonds. The first kappa shape index (κ1) is 14.9. The number of hydrogen-bond donors (Lipinski definition) is 0. The number of anilines is 2. The number of hydrogen-bond acceptors (Lipinski definition) is 3. The molecule has 2 aromatic carbocycles. The second kappa shape index (κ2) is 5.30. The van der Waals surface area contributed by atoms with E-state index in [1.54, 1.807) is 43.4 Å². The van der Waals surface area contributed by atoms with E-state index in [0.717, 1.165) is 4.31 Å². The van der Waals surface area contributed by atoms with Gasteiger partial charge in [-0.25, -0.2) is 8.42 Å². The van der Waals surface area contributed by atoms with Crippen LogP contribution in [-0.4, -0.2) is 27.9 Å². The Morgan fingerprint density at radius 2 is 1.59 bits per heavy atom. The molecule has 1 aliphatic heterocycles. The van der Waals surface area contributed by atoms with Gasteiger partial charge in [0.1, 0.15) is 11.4 Å². The maximum Gasteiger partial charge on any atom is 0.266 e. The molecule has 0 saturated carbocycles. The van der Waals surface area contributed by atoms with E-state index in [9.17, 15) is 13.2 Å². The lowest BCUT2D eigenvalue weighted by Crippen LogP contribution is -2.46. The highest BCUT2D eigenvalue weighted by atomic mass is 35.5. The first-order valence-electron chi connectivity index (χ1n) is 6.56. The van der Waals surface area contributed by atoms with E-state index in [1.165, 1.54) is 17.0 Å². The van der Waals surface area contributed by atoms with Crippen molar-refractivity contribution in [2.24, 2.45) is 0 Å². The van der Waals surface area contributed by atoms with Gasteiger partial charge in [0, 0.05) is 7.05 Å². The molecule has 5 nitrogen and oxygen atoms in total. The van der Waals surface area contributed by atoms with Gasteiger partial charge in [0.25, 0.3) is 10.0 Å². The number of carbonyl (C=O) groups excluding carboxylic acids is 1. The highest BCUT2D eigenvalue weighted by molar-refractivity contribution is 7.93. The molecule has 1 heterocycles. The number of halogens is 1. The monoisotopic (exact) mass is 336 g/mol. The Morgan fingerprint density at radius 1 is 1.00 bits per heavy atom. The van der Waals surface area contributed by atoms with Gasteiger partial charge in [-0.1, -0.05) is 35.9 Å². The van der Waals surface area contributed by atoms with Crippen LogP contribution >= 0.6 is 11.6 Å². The molecule has 0 spiro atoms. The summed E-state index contributed by atoms with van der Waals surface area (Å²) in [5.74, 6) is -0.297. The molecule has 22 heavy (non-hydrogen) atoms. The standard InChI is InChI=1S/C15H13ClN2O3S/c1-17-12-7-3-4-8-13(12)18(10-15(17)19)22(20,21)14-9-5-2-6-11(14)16/h2-9H,10H2,1H3. The van der Waals surface area contributed by atoms with Crippen molar-refractivity contribution < 1.29 is 13.2 Å². The molecule has 0 aliphatic carbocycles. The molecule has 2 aromatic rings. The molecule has 7 heteroatoms.